The summed E-state index contributed by atoms with van der Waals surface area (Å²) in [4.78, 5) is 24.3. The number of H-pyrrole nitrogens is 1. The lowest BCUT2D eigenvalue weighted by molar-refractivity contribution is 0.0673. The summed E-state index contributed by atoms with van der Waals surface area (Å²) < 4.78 is 7.29. The lowest BCUT2D eigenvalue weighted by Gasteiger charge is -2.22. The van der Waals surface area contributed by atoms with Crippen molar-refractivity contribution >= 4 is 11.0 Å². The van der Waals surface area contributed by atoms with Crippen LogP contribution in [0, 0.1) is 6.92 Å². The van der Waals surface area contributed by atoms with Crippen molar-refractivity contribution in [1.29, 1.82) is 0 Å². The van der Waals surface area contributed by atoms with Gasteiger partial charge < -0.3 is 9.72 Å². The third-order valence-corrected chi connectivity index (χ3v) is 4.50. The quantitative estimate of drug-likeness (QED) is 0.793. The second-order valence-electron chi connectivity index (χ2n) is 6.13. The molecule has 0 amide bonds. The van der Waals surface area contributed by atoms with Crippen molar-refractivity contribution in [3.63, 3.8) is 0 Å². The highest BCUT2D eigenvalue weighted by Gasteiger charge is 2.20. The van der Waals surface area contributed by atoms with Crippen molar-refractivity contribution in [3.05, 3.63) is 52.0 Å². The van der Waals surface area contributed by atoms with Crippen molar-refractivity contribution in [1.82, 2.24) is 24.7 Å². The molecule has 124 valence electrons. The van der Waals surface area contributed by atoms with Crippen LogP contribution in [0.4, 0.5) is 0 Å². The fraction of sp³-hybridized carbons (Fsp3) is 0.412. The summed E-state index contributed by atoms with van der Waals surface area (Å²) in [5, 5.41) is 4.94. The van der Waals surface area contributed by atoms with E-state index in [1.54, 1.807) is 12.4 Å². The Kier molecular flexibility index (Phi) is 3.86. The molecule has 3 aromatic rings. The van der Waals surface area contributed by atoms with Gasteiger partial charge in [-0.05, 0) is 31.4 Å². The number of nitrogens with zero attached hydrogens (tertiary/aromatic N) is 4. The summed E-state index contributed by atoms with van der Waals surface area (Å²) in [5.41, 5.74) is 2.49. The average molecular weight is 325 g/mol. The maximum atomic E-state index is 12.4. The van der Waals surface area contributed by atoms with Crippen molar-refractivity contribution in [2.45, 2.75) is 32.2 Å². The van der Waals surface area contributed by atoms with E-state index in [0.29, 0.717) is 23.3 Å². The molecule has 1 saturated heterocycles. The SMILES string of the molecule is Cc1cccnc1Cc1nc2c(cnn2C2CCOCC2)c(=O)[nH]1. The Morgan fingerprint density at radius 3 is 3.00 bits per heavy atom. The van der Waals surface area contributed by atoms with E-state index in [-0.39, 0.29) is 11.6 Å². The molecule has 24 heavy (non-hydrogen) atoms. The van der Waals surface area contributed by atoms with Crippen molar-refractivity contribution < 1.29 is 4.74 Å². The number of aryl methyl sites for hydroxylation is 1. The first-order valence-corrected chi connectivity index (χ1v) is 8.17. The molecule has 7 heteroatoms. The molecule has 0 aromatic carbocycles. The van der Waals surface area contributed by atoms with Gasteiger partial charge in [0.25, 0.3) is 5.56 Å². The molecule has 1 fully saturated rings. The number of pyridine rings is 1. The zero-order valence-corrected chi connectivity index (χ0v) is 13.5. The Morgan fingerprint density at radius 1 is 1.38 bits per heavy atom. The van der Waals surface area contributed by atoms with E-state index in [4.69, 9.17) is 4.74 Å². The second kappa shape index (κ2) is 6.16. The predicted molar refractivity (Wildman–Crippen MR) is 89.0 cm³/mol. The van der Waals surface area contributed by atoms with Crippen LogP contribution in [0.3, 0.4) is 0 Å². The molecule has 7 nitrogen and oxygen atoms in total. The smallest absolute Gasteiger partial charge is 0.262 e. The Morgan fingerprint density at radius 2 is 2.21 bits per heavy atom. The fourth-order valence-corrected chi connectivity index (χ4v) is 3.12. The van der Waals surface area contributed by atoms with Gasteiger partial charge in [0.2, 0.25) is 0 Å². The maximum Gasteiger partial charge on any atom is 0.262 e. The van der Waals surface area contributed by atoms with Gasteiger partial charge in [-0.25, -0.2) is 9.67 Å². The van der Waals surface area contributed by atoms with Gasteiger partial charge >= 0.3 is 0 Å². The predicted octanol–water partition coefficient (Wildman–Crippen LogP) is 1.77. The Balaban J connectivity index is 1.75. The number of rotatable bonds is 3. The highest BCUT2D eigenvalue weighted by Crippen LogP contribution is 2.23. The monoisotopic (exact) mass is 325 g/mol. The van der Waals surface area contributed by atoms with Gasteiger partial charge in [-0.1, -0.05) is 6.07 Å². The van der Waals surface area contributed by atoms with Crippen LogP contribution in [-0.2, 0) is 11.2 Å². The van der Waals surface area contributed by atoms with E-state index in [2.05, 4.69) is 20.1 Å². The van der Waals surface area contributed by atoms with Gasteiger partial charge in [-0.2, -0.15) is 5.10 Å². The molecule has 0 atom stereocenters. The van der Waals surface area contributed by atoms with Gasteiger partial charge in [0, 0.05) is 25.8 Å². The van der Waals surface area contributed by atoms with Gasteiger partial charge in [0.15, 0.2) is 5.65 Å². The second-order valence-corrected chi connectivity index (χ2v) is 6.13. The Labute approximate surface area is 138 Å². The number of aromatic amines is 1. The topological polar surface area (TPSA) is 85.7 Å². The summed E-state index contributed by atoms with van der Waals surface area (Å²) >= 11 is 0. The first kappa shape index (κ1) is 15.0. The number of hydrogen-bond donors (Lipinski definition) is 1. The number of aromatic nitrogens is 5. The molecule has 1 aliphatic rings. The molecule has 1 aliphatic heterocycles. The third kappa shape index (κ3) is 2.71. The molecule has 0 bridgehead atoms. The first-order valence-electron chi connectivity index (χ1n) is 8.17. The van der Waals surface area contributed by atoms with Crippen LogP contribution in [0.15, 0.2) is 29.3 Å². The van der Waals surface area contributed by atoms with E-state index in [1.807, 2.05) is 23.7 Å². The lowest BCUT2D eigenvalue weighted by atomic mass is 10.1. The maximum absolute atomic E-state index is 12.4. The molecule has 4 rings (SSSR count). The number of ether oxygens (including phenoxy) is 1. The highest BCUT2D eigenvalue weighted by atomic mass is 16.5. The summed E-state index contributed by atoms with van der Waals surface area (Å²) in [5.74, 6) is 0.614. The minimum absolute atomic E-state index is 0.151. The first-order chi connectivity index (χ1) is 11.7. The van der Waals surface area contributed by atoms with Crippen molar-refractivity contribution in [3.8, 4) is 0 Å². The van der Waals surface area contributed by atoms with Gasteiger partial charge in [0.05, 0.1) is 17.9 Å². The average Bonchev–Trinajstić information content (AvgIpc) is 3.02. The van der Waals surface area contributed by atoms with E-state index in [9.17, 15) is 4.79 Å². The largest absolute Gasteiger partial charge is 0.381 e. The zero-order chi connectivity index (χ0) is 16.5. The number of fused-ring (bicyclic) bond motifs is 1. The van der Waals surface area contributed by atoms with E-state index in [0.717, 1.165) is 37.3 Å². The summed E-state index contributed by atoms with van der Waals surface area (Å²) in [6.07, 6.45) is 5.63. The number of nitrogens with one attached hydrogen (secondary N) is 1. The summed E-state index contributed by atoms with van der Waals surface area (Å²) in [6.45, 7) is 3.44. The van der Waals surface area contributed by atoms with Gasteiger partial charge in [0.1, 0.15) is 11.2 Å². The van der Waals surface area contributed by atoms with E-state index >= 15 is 0 Å². The van der Waals surface area contributed by atoms with Gasteiger partial charge in [-0.3, -0.25) is 9.78 Å². The molecule has 4 heterocycles. The van der Waals surface area contributed by atoms with Crippen LogP contribution in [0.2, 0.25) is 0 Å². The van der Waals surface area contributed by atoms with Crippen LogP contribution in [0.1, 0.15) is 36.0 Å². The standard InChI is InChI=1S/C17H19N5O2/c1-11-3-2-6-18-14(11)9-15-20-16-13(17(23)21-15)10-19-22(16)12-4-7-24-8-5-12/h2-3,6,10,12H,4-5,7-9H2,1H3,(H,20,21,23). The molecule has 0 spiro atoms. The third-order valence-electron chi connectivity index (χ3n) is 4.50. The van der Waals surface area contributed by atoms with Crippen LogP contribution in [-0.4, -0.2) is 37.9 Å². The molecule has 0 aliphatic carbocycles. The molecule has 0 saturated carbocycles. The molecule has 3 aromatic heterocycles. The molecular formula is C17H19N5O2. The molecule has 0 unspecified atom stereocenters. The fourth-order valence-electron chi connectivity index (χ4n) is 3.12. The zero-order valence-electron chi connectivity index (χ0n) is 13.5. The van der Waals surface area contributed by atoms with Crippen LogP contribution < -0.4 is 5.56 Å². The lowest BCUT2D eigenvalue weighted by Crippen LogP contribution is -2.21. The van der Waals surface area contributed by atoms with E-state index < -0.39 is 0 Å². The Hall–Kier alpha value is -2.54. The normalized spacial score (nSPS) is 15.9. The minimum atomic E-state index is -0.151. The molecule has 1 N–H and O–H groups in total. The van der Waals surface area contributed by atoms with Crippen molar-refractivity contribution in [2.75, 3.05) is 13.2 Å². The van der Waals surface area contributed by atoms with Crippen LogP contribution in [0.25, 0.3) is 11.0 Å². The Bertz CT molecular complexity index is 924. The van der Waals surface area contributed by atoms with Crippen LogP contribution >= 0.6 is 0 Å². The summed E-state index contributed by atoms with van der Waals surface area (Å²) in [6, 6.07) is 4.14. The van der Waals surface area contributed by atoms with Crippen LogP contribution in [0.5, 0.6) is 0 Å². The van der Waals surface area contributed by atoms with Crippen molar-refractivity contribution in [2.24, 2.45) is 0 Å². The number of hydrogen-bond acceptors (Lipinski definition) is 5. The molecule has 0 radical (unpaired) electrons. The highest BCUT2D eigenvalue weighted by molar-refractivity contribution is 5.73. The minimum Gasteiger partial charge on any atom is -0.381 e. The van der Waals surface area contributed by atoms with Gasteiger partial charge in [-0.15, -0.1) is 0 Å². The molecular weight excluding hydrogens is 306 g/mol. The van der Waals surface area contributed by atoms with E-state index in [1.165, 1.54) is 0 Å². The summed E-state index contributed by atoms with van der Waals surface area (Å²) in [7, 11) is 0.